The number of nitrogens with two attached hydrogens (primary N) is 1. The number of nitrogens with zero attached hydrogens (tertiary/aromatic N) is 2. The van der Waals surface area contributed by atoms with Gasteiger partial charge in [-0.3, -0.25) is 0 Å². The third-order valence-electron chi connectivity index (χ3n) is 3.16. The normalized spacial score (nSPS) is 10.8. The van der Waals surface area contributed by atoms with Crippen LogP contribution in [0.15, 0.2) is 47.0 Å². The lowest BCUT2D eigenvalue weighted by Crippen LogP contribution is -1.95. The van der Waals surface area contributed by atoms with Gasteiger partial charge >= 0.3 is 0 Å². The highest BCUT2D eigenvalue weighted by atomic mass is 19.1. The quantitative estimate of drug-likeness (QED) is 0.801. The Bertz CT molecular complexity index is 745. The minimum atomic E-state index is -0.316. The van der Waals surface area contributed by atoms with Crippen LogP contribution in [0.5, 0.6) is 0 Å². The van der Waals surface area contributed by atoms with Crippen LogP contribution in [0.25, 0.3) is 22.8 Å². The van der Waals surface area contributed by atoms with Crippen molar-refractivity contribution in [3.63, 3.8) is 0 Å². The number of benzene rings is 2. The highest BCUT2D eigenvalue weighted by molar-refractivity contribution is 5.60. The fourth-order valence-corrected chi connectivity index (χ4v) is 2.11. The van der Waals surface area contributed by atoms with Crippen LogP contribution < -0.4 is 5.73 Å². The van der Waals surface area contributed by atoms with Gasteiger partial charge in [0.2, 0.25) is 5.82 Å². The van der Waals surface area contributed by atoms with Crippen molar-refractivity contribution in [3.05, 3.63) is 59.4 Å². The first kappa shape index (κ1) is 13.5. The van der Waals surface area contributed by atoms with E-state index in [4.69, 9.17) is 10.3 Å². The molecule has 0 saturated carbocycles. The smallest absolute Gasteiger partial charge is 0.258 e. The topological polar surface area (TPSA) is 64.9 Å². The van der Waals surface area contributed by atoms with E-state index < -0.39 is 0 Å². The SMILES string of the molecule is Cc1cc(F)cc(-c2noc(-c3ccc(CN)cc3)n2)c1. The van der Waals surface area contributed by atoms with Crippen molar-refractivity contribution in [2.24, 2.45) is 5.73 Å². The van der Waals surface area contributed by atoms with Gasteiger partial charge < -0.3 is 10.3 Å². The van der Waals surface area contributed by atoms with E-state index in [-0.39, 0.29) is 5.82 Å². The molecular weight excluding hydrogens is 269 g/mol. The van der Waals surface area contributed by atoms with Crippen molar-refractivity contribution < 1.29 is 8.91 Å². The van der Waals surface area contributed by atoms with Crippen molar-refractivity contribution in [2.45, 2.75) is 13.5 Å². The molecule has 0 spiro atoms. The summed E-state index contributed by atoms with van der Waals surface area (Å²) in [5.74, 6) is 0.453. The number of aryl methyl sites for hydroxylation is 1. The van der Waals surface area contributed by atoms with Gasteiger partial charge in [-0.25, -0.2) is 4.39 Å². The molecule has 0 atom stereocenters. The number of aromatic nitrogens is 2. The molecule has 0 bridgehead atoms. The Morgan fingerprint density at radius 2 is 1.86 bits per heavy atom. The lowest BCUT2D eigenvalue weighted by molar-refractivity contribution is 0.432. The van der Waals surface area contributed by atoms with E-state index in [9.17, 15) is 4.39 Å². The fourth-order valence-electron chi connectivity index (χ4n) is 2.11. The second-order valence-electron chi connectivity index (χ2n) is 4.84. The summed E-state index contributed by atoms with van der Waals surface area (Å²) in [5, 5.41) is 3.91. The molecule has 21 heavy (non-hydrogen) atoms. The van der Waals surface area contributed by atoms with Gasteiger partial charge in [-0.05, 0) is 48.4 Å². The molecule has 0 radical (unpaired) electrons. The number of rotatable bonds is 3. The van der Waals surface area contributed by atoms with E-state index in [1.165, 1.54) is 12.1 Å². The first-order chi connectivity index (χ1) is 10.2. The van der Waals surface area contributed by atoms with Crippen LogP contribution in [0.3, 0.4) is 0 Å². The zero-order valence-electron chi connectivity index (χ0n) is 11.5. The molecule has 0 saturated heterocycles. The Morgan fingerprint density at radius 3 is 2.52 bits per heavy atom. The molecule has 0 aliphatic carbocycles. The maximum Gasteiger partial charge on any atom is 0.258 e. The molecule has 0 unspecified atom stereocenters. The van der Waals surface area contributed by atoms with Gasteiger partial charge in [-0.1, -0.05) is 17.3 Å². The van der Waals surface area contributed by atoms with Crippen molar-refractivity contribution in [2.75, 3.05) is 0 Å². The largest absolute Gasteiger partial charge is 0.334 e. The molecular formula is C16H14FN3O. The molecule has 3 aromatic rings. The van der Waals surface area contributed by atoms with E-state index in [2.05, 4.69) is 10.1 Å². The predicted octanol–water partition coefficient (Wildman–Crippen LogP) is 3.31. The molecule has 3 rings (SSSR count). The van der Waals surface area contributed by atoms with Gasteiger partial charge in [0.25, 0.3) is 5.89 Å². The molecule has 106 valence electrons. The van der Waals surface area contributed by atoms with Crippen LogP contribution in [0.2, 0.25) is 0 Å². The third-order valence-corrected chi connectivity index (χ3v) is 3.16. The standard InChI is InChI=1S/C16H14FN3O/c1-10-6-13(8-14(17)7-10)15-19-16(21-20-15)12-4-2-11(9-18)3-5-12/h2-8H,9,18H2,1H3. The molecule has 0 amide bonds. The highest BCUT2D eigenvalue weighted by Crippen LogP contribution is 2.23. The zero-order valence-corrected chi connectivity index (χ0v) is 11.5. The van der Waals surface area contributed by atoms with Gasteiger partial charge in [0.1, 0.15) is 5.82 Å². The molecule has 2 aromatic carbocycles. The van der Waals surface area contributed by atoms with Crippen molar-refractivity contribution in [1.82, 2.24) is 10.1 Å². The second-order valence-corrected chi connectivity index (χ2v) is 4.84. The van der Waals surface area contributed by atoms with Gasteiger partial charge in [-0.2, -0.15) is 4.98 Å². The third kappa shape index (κ3) is 2.83. The van der Waals surface area contributed by atoms with E-state index in [0.29, 0.717) is 23.8 Å². The van der Waals surface area contributed by atoms with Crippen LogP contribution in [0.4, 0.5) is 4.39 Å². The van der Waals surface area contributed by atoms with Gasteiger partial charge in [-0.15, -0.1) is 0 Å². The first-order valence-corrected chi connectivity index (χ1v) is 6.56. The number of halogens is 1. The average molecular weight is 283 g/mol. The summed E-state index contributed by atoms with van der Waals surface area (Å²) in [6, 6.07) is 12.2. The number of hydrogen-bond acceptors (Lipinski definition) is 4. The summed E-state index contributed by atoms with van der Waals surface area (Å²) >= 11 is 0. The van der Waals surface area contributed by atoms with Gasteiger partial charge in [0.05, 0.1) is 0 Å². The maximum atomic E-state index is 13.4. The van der Waals surface area contributed by atoms with Crippen molar-refractivity contribution in [3.8, 4) is 22.8 Å². The monoisotopic (exact) mass is 283 g/mol. The Labute approximate surface area is 121 Å². The van der Waals surface area contributed by atoms with E-state index in [0.717, 1.165) is 16.7 Å². The van der Waals surface area contributed by atoms with Gasteiger partial charge in [0.15, 0.2) is 0 Å². The first-order valence-electron chi connectivity index (χ1n) is 6.56. The van der Waals surface area contributed by atoms with Crippen LogP contribution in [-0.4, -0.2) is 10.1 Å². The van der Waals surface area contributed by atoms with Gasteiger partial charge in [0, 0.05) is 17.7 Å². The lowest BCUT2D eigenvalue weighted by Gasteiger charge is -1.98. The molecule has 2 N–H and O–H groups in total. The Balaban J connectivity index is 1.95. The second kappa shape index (κ2) is 5.46. The molecule has 1 aromatic heterocycles. The molecule has 4 nitrogen and oxygen atoms in total. The molecule has 0 aliphatic heterocycles. The Hall–Kier alpha value is -2.53. The van der Waals surface area contributed by atoms with Crippen molar-refractivity contribution in [1.29, 1.82) is 0 Å². The molecule has 1 heterocycles. The van der Waals surface area contributed by atoms with Crippen LogP contribution in [0.1, 0.15) is 11.1 Å². The predicted molar refractivity (Wildman–Crippen MR) is 77.8 cm³/mol. The summed E-state index contributed by atoms with van der Waals surface area (Å²) in [4.78, 5) is 4.31. The Morgan fingerprint density at radius 1 is 1.10 bits per heavy atom. The maximum absolute atomic E-state index is 13.4. The summed E-state index contributed by atoms with van der Waals surface area (Å²) in [6.45, 7) is 2.30. The average Bonchev–Trinajstić information content (AvgIpc) is 2.96. The highest BCUT2D eigenvalue weighted by Gasteiger charge is 2.11. The minimum Gasteiger partial charge on any atom is -0.334 e. The molecule has 0 fully saturated rings. The summed E-state index contributed by atoms with van der Waals surface area (Å²) < 4.78 is 18.7. The van der Waals surface area contributed by atoms with Crippen LogP contribution in [-0.2, 0) is 6.54 Å². The fraction of sp³-hybridized carbons (Fsp3) is 0.125. The summed E-state index contributed by atoms with van der Waals surface area (Å²) in [5.41, 5.74) is 8.80. The molecule has 5 heteroatoms. The van der Waals surface area contributed by atoms with Crippen molar-refractivity contribution >= 4 is 0 Å². The molecule has 0 aliphatic rings. The van der Waals surface area contributed by atoms with E-state index >= 15 is 0 Å². The lowest BCUT2D eigenvalue weighted by atomic mass is 10.1. The summed E-state index contributed by atoms with van der Waals surface area (Å²) in [7, 11) is 0. The van der Waals surface area contributed by atoms with E-state index in [1.807, 2.05) is 37.3 Å². The Kier molecular flexibility index (Phi) is 3.50. The van der Waals surface area contributed by atoms with Crippen LogP contribution in [0, 0.1) is 12.7 Å². The number of hydrogen-bond donors (Lipinski definition) is 1. The van der Waals surface area contributed by atoms with Crippen LogP contribution >= 0.6 is 0 Å². The zero-order chi connectivity index (χ0) is 14.8. The summed E-state index contributed by atoms with van der Waals surface area (Å²) in [6.07, 6.45) is 0. The minimum absolute atomic E-state index is 0.316. The van der Waals surface area contributed by atoms with E-state index in [1.54, 1.807) is 0 Å².